The van der Waals surface area contributed by atoms with Gasteiger partial charge < -0.3 is 5.21 Å². The Kier molecular flexibility index (Phi) is 1.99. The summed E-state index contributed by atoms with van der Waals surface area (Å²) in [7, 11) is 1.46. The number of rotatable bonds is 1. The van der Waals surface area contributed by atoms with Gasteiger partial charge in [-0.15, -0.1) is 0 Å². The minimum absolute atomic E-state index is 0.560. The number of azo groups is 1. The maximum atomic E-state index is 10.8. The van der Waals surface area contributed by atoms with E-state index in [1.807, 2.05) is 6.07 Å². The number of hydrogen-bond donors (Lipinski definition) is 0. The molecule has 1 aromatic rings. The van der Waals surface area contributed by atoms with Crippen LogP contribution in [0.2, 0.25) is 0 Å². The van der Waals surface area contributed by atoms with E-state index >= 15 is 0 Å². The van der Waals surface area contributed by atoms with Gasteiger partial charge in [0.05, 0.1) is 7.05 Å². The zero-order chi connectivity index (χ0) is 7.40. The van der Waals surface area contributed by atoms with Crippen LogP contribution >= 0.6 is 0 Å². The molecule has 1 aromatic carbocycles. The molecule has 3 nitrogen and oxygen atoms in total. The number of hydrogen-bond acceptors (Lipinski definition) is 2. The number of para-hydroxylation sites is 1. The molecule has 0 unspecified atom stereocenters. The molecular formula is C7H8N2O. The van der Waals surface area contributed by atoms with Gasteiger partial charge in [-0.1, -0.05) is 23.1 Å². The first-order chi connectivity index (χ1) is 4.84. The fourth-order valence-corrected chi connectivity index (χ4v) is 0.671. The van der Waals surface area contributed by atoms with Gasteiger partial charge in [0.15, 0.2) is 0 Å². The second kappa shape index (κ2) is 2.96. The summed E-state index contributed by atoms with van der Waals surface area (Å²) in [5, 5.41) is 14.2. The molecule has 0 bridgehead atoms. The van der Waals surface area contributed by atoms with E-state index < -0.39 is 0 Å². The Morgan fingerprint density at radius 1 is 1.30 bits per heavy atom. The summed E-state index contributed by atoms with van der Waals surface area (Å²) in [6, 6.07) is 8.86. The lowest BCUT2D eigenvalue weighted by atomic mass is 10.3. The molecular weight excluding hydrogens is 128 g/mol. The maximum Gasteiger partial charge on any atom is 0.244 e. The molecule has 0 fully saturated rings. The summed E-state index contributed by atoms with van der Waals surface area (Å²) in [6.07, 6.45) is 0. The van der Waals surface area contributed by atoms with Crippen molar-refractivity contribution in [2.75, 3.05) is 7.05 Å². The van der Waals surface area contributed by atoms with Crippen molar-refractivity contribution < 1.29 is 4.86 Å². The number of nitrogens with zero attached hydrogens (tertiary/aromatic N) is 2. The summed E-state index contributed by atoms with van der Waals surface area (Å²) in [6.45, 7) is 0. The van der Waals surface area contributed by atoms with Gasteiger partial charge >= 0.3 is 0 Å². The van der Waals surface area contributed by atoms with E-state index in [0.717, 1.165) is 0 Å². The van der Waals surface area contributed by atoms with E-state index in [4.69, 9.17) is 0 Å². The van der Waals surface area contributed by atoms with E-state index in [0.29, 0.717) is 10.5 Å². The molecule has 0 saturated heterocycles. The molecule has 10 heavy (non-hydrogen) atoms. The lowest BCUT2D eigenvalue weighted by molar-refractivity contribution is -0.439. The van der Waals surface area contributed by atoms with Gasteiger partial charge in [0.1, 0.15) is 0 Å². The monoisotopic (exact) mass is 136 g/mol. The Morgan fingerprint density at radius 2 is 1.90 bits per heavy atom. The van der Waals surface area contributed by atoms with Gasteiger partial charge in [-0.2, -0.15) is 0 Å². The van der Waals surface area contributed by atoms with Gasteiger partial charge in [0, 0.05) is 12.1 Å². The Morgan fingerprint density at radius 3 is 2.40 bits per heavy atom. The van der Waals surface area contributed by atoms with Crippen LogP contribution in [0.1, 0.15) is 0 Å². The third-order valence-electron chi connectivity index (χ3n) is 1.16. The zero-order valence-corrected chi connectivity index (χ0v) is 5.69. The van der Waals surface area contributed by atoms with Crippen molar-refractivity contribution in [3.63, 3.8) is 0 Å². The van der Waals surface area contributed by atoms with Crippen molar-refractivity contribution in [2.45, 2.75) is 0 Å². The van der Waals surface area contributed by atoms with E-state index in [1.165, 1.54) is 7.05 Å². The quantitative estimate of drug-likeness (QED) is 0.330. The van der Waals surface area contributed by atoms with E-state index in [9.17, 15) is 5.21 Å². The first-order valence-electron chi connectivity index (χ1n) is 2.96. The summed E-state index contributed by atoms with van der Waals surface area (Å²) >= 11 is 0. The minimum Gasteiger partial charge on any atom is -0.594 e. The average molecular weight is 136 g/mol. The second-order valence-electron chi connectivity index (χ2n) is 1.81. The summed E-state index contributed by atoms with van der Waals surface area (Å²) in [4.78, 5) is 0.583. The molecule has 0 spiro atoms. The molecule has 0 atom stereocenters. The molecule has 0 N–H and O–H groups in total. The molecule has 0 saturated carbocycles. The molecule has 3 heteroatoms. The van der Waals surface area contributed by atoms with Crippen LogP contribution in [0.3, 0.4) is 0 Å². The van der Waals surface area contributed by atoms with Crippen molar-refractivity contribution in [1.29, 1.82) is 0 Å². The lowest BCUT2D eigenvalue weighted by Crippen LogP contribution is -1.88. The highest BCUT2D eigenvalue weighted by Crippen LogP contribution is 2.08. The Labute approximate surface area is 59.2 Å². The van der Waals surface area contributed by atoms with Crippen molar-refractivity contribution in [2.24, 2.45) is 5.11 Å². The third-order valence-corrected chi connectivity index (χ3v) is 1.16. The second-order valence-corrected chi connectivity index (χ2v) is 1.81. The van der Waals surface area contributed by atoms with Gasteiger partial charge in [-0.25, -0.2) is 0 Å². The summed E-state index contributed by atoms with van der Waals surface area (Å²) in [5.41, 5.74) is 0.560. The van der Waals surface area contributed by atoms with Crippen LogP contribution in [-0.4, -0.2) is 11.9 Å². The minimum atomic E-state index is 0.560. The standard InChI is InChI=1S/C7H8N2O/c1-8-9(10)7-5-3-2-4-6-7/h2-6H,1H3. The van der Waals surface area contributed by atoms with Gasteiger partial charge in [0.25, 0.3) is 0 Å². The SMILES string of the molecule is CN=[N+]([O-])c1ccccc1. The highest BCUT2D eigenvalue weighted by Gasteiger charge is 1.96. The largest absolute Gasteiger partial charge is 0.594 e. The van der Waals surface area contributed by atoms with Crippen molar-refractivity contribution in [3.8, 4) is 0 Å². The molecule has 0 aromatic heterocycles. The topological polar surface area (TPSA) is 38.4 Å². The molecule has 0 radical (unpaired) electrons. The van der Waals surface area contributed by atoms with Crippen LogP contribution in [0.4, 0.5) is 5.69 Å². The first kappa shape index (κ1) is 6.74. The summed E-state index contributed by atoms with van der Waals surface area (Å²) < 4.78 is 0. The van der Waals surface area contributed by atoms with Gasteiger partial charge in [-0.05, 0) is 5.11 Å². The van der Waals surface area contributed by atoms with E-state index in [-0.39, 0.29) is 0 Å². The number of benzene rings is 1. The highest BCUT2D eigenvalue weighted by atomic mass is 16.5. The first-order valence-corrected chi connectivity index (χ1v) is 2.96. The molecule has 0 aliphatic carbocycles. The van der Waals surface area contributed by atoms with Crippen LogP contribution in [0.25, 0.3) is 0 Å². The van der Waals surface area contributed by atoms with Crippen LogP contribution in [-0.2, 0) is 0 Å². The van der Waals surface area contributed by atoms with Crippen LogP contribution < -0.4 is 0 Å². The van der Waals surface area contributed by atoms with Crippen LogP contribution in [0.5, 0.6) is 0 Å². The molecule has 1 rings (SSSR count). The summed E-state index contributed by atoms with van der Waals surface area (Å²) in [5.74, 6) is 0. The Bertz CT molecular complexity index is 231. The maximum absolute atomic E-state index is 10.8. The predicted molar refractivity (Wildman–Crippen MR) is 38.1 cm³/mol. The lowest BCUT2D eigenvalue weighted by Gasteiger charge is -1.95. The average Bonchev–Trinajstić information content (AvgIpc) is 2.05. The Balaban J connectivity index is 2.96. The van der Waals surface area contributed by atoms with Crippen molar-refractivity contribution in [3.05, 3.63) is 35.5 Å². The smallest absolute Gasteiger partial charge is 0.244 e. The van der Waals surface area contributed by atoms with Crippen LogP contribution in [0, 0.1) is 5.21 Å². The molecule has 0 amide bonds. The van der Waals surface area contributed by atoms with Crippen molar-refractivity contribution >= 4 is 5.69 Å². The van der Waals surface area contributed by atoms with Crippen LogP contribution in [0.15, 0.2) is 35.4 Å². The van der Waals surface area contributed by atoms with Gasteiger partial charge in [-0.3, -0.25) is 0 Å². The zero-order valence-electron chi connectivity index (χ0n) is 5.69. The fraction of sp³-hybridized carbons (Fsp3) is 0.143. The molecule has 0 aliphatic heterocycles. The van der Waals surface area contributed by atoms with E-state index in [2.05, 4.69) is 5.11 Å². The Hall–Kier alpha value is -1.38. The molecule has 0 heterocycles. The normalized spacial score (nSPS) is 11.5. The fourth-order valence-electron chi connectivity index (χ4n) is 0.671. The van der Waals surface area contributed by atoms with Gasteiger partial charge in [0.2, 0.25) is 5.69 Å². The molecule has 52 valence electrons. The predicted octanol–water partition coefficient (Wildman–Crippen LogP) is 1.91. The van der Waals surface area contributed by atoms with Crippen molar-refractivity contribution in [1.82, 2.24) is 0 Å². The third kappa shape index (κ3) is 1.31. The van der Waals surface area contributed by atoms with E-state index in [1.54, 1.807) is 24.3 Å². The molecule has 0 aliphatic rings. The highest BCUT2D eigenvalue weighted by molar-refractivity contribution is 5.27.